The van der Waals surface area contributed by atoms with Gasteiger partial charge in [0, 0.05) is 10.7 Å². The lowest BCUT2D eigenvalue weighted by atomic mass is 10.6. The molecule has 1 aromatic heterocycles. The third-order valence-corrected chi connectivity index (χ3v) is 1.75. The third-order valence-electron chi connectivity index (χ3n) is 0.785. The number of H-pyrrole nitrogens is 1. The van der Waals surface area contributed by atoms with E-state index in [4.69, 9.17) is 10.7 Å². The summed E-state index contributed by atoms with van der Waals surface area (Å²) in [6.07, 6.45) is 1.31. The Morgan fingerprint density at radius 3 is 2.80 bits per heavy atom. The molecule has 7 heteroatoms. The second kappa shape index (κ2) is 2.55. The number of halogens is 1. The molecule has 0 spiro atoms. The maximum Gasteiger partial charge on any atom is 0.238 e. The molecule has 0 atom stereocenters. The van der Waals surface area contributed by atoms with E-state index < -0.39 is 9.05 Å². The fourth-order valence-electron chi connectivity index (χ4n) is 0.472. The summed E-state index contributed by atoms with van der Waals surface area (Å²) in [4.78, 5) is 0. The van der Waals surface area contributed by atoms with Crippen LogP contribution >= 0.6 is 10.7 Å². The summed E-state index contributed by atoms with van der Waals surface area (Å²) in [6.45, 7) is 0. The summed E-state index contributed by atoms with van der Waals surface area (Å²) in [5, 5.41) is 9.18. The molecule has 1 N–H and O–H groups in total. The summed E-state index contributed by atoms with van der Waals surface area (Å²) in [6, 6.07) is 0. The molecular weight excluding hydrogens is 178 g/mol. The second-order valence-corrected chi connectivity index (χ2v) is 4.42. The van der Waals surface area contributed by atoms with E-state index in [2.05, 4.69) is 15.4 Å². The van der Waals surface area contributed by atoms with Crippen molar-refractivity contribution in [3.63, 3.8) is 0 Å². The van der Waals surface area contributed by atoms with Gasteiger partial charge in [0.15, 0.2) is 0 Å². The molecule has 0 aliphatic rings. The zero-order chi connectivity index (χ0) is 7.61. The quantitative estimate of drug-likeness (QED) is 0.645. The number of hydrogen-bond donors (Lipinski definition) is 1. The fraction of sp³-hybridized carbons (Fsp3) is 0.333. The van der Waals surface area contributed by atoms with Gasteiger partial charge in [-0.2, -0.15) is 15.4 Å². The van der Waals surface area contributed by atoms with Crippen molar-refractivity contribution in [2.24, 2.45) is 0 Å². The molecule has 0 aliphatic carbocycles. The molecule has 0 saturated heterocycles. The van der Waals surface area contributed by atoms with Crippen LogP contribution in [0, 0.1) is 0 Å². The highest BCUT2D eigenvalue weighted by Gasteiger charge is 2.08. The number of rotatable bonds is 2. The van der Waals surface area contributed by atoms with E-state index in [9.17, 15) is 8.42 Å². The Bertz CT molecular complexity index is 292. The van der Waals surface area contributed by atoms with E-state index in [0.717, 1.165) is 0 Å². The molecule has 0 saturated carbocycles. The van der Waals surface area contributed by atoms with Crippen LogP contribution in [-0.4, -0.2) is 23.8 Å². The summed E-state index contributed by atoms with van der Waals surface area (Å²) in [7, 11) is 1.42. The molecule has 1 rings (SSSR count). The Kier molecular flexibility index (Phi) is 1.91. The molecule has 5 nitrogen and oxygen atoms in total. The topological polar surface area (TPSA) is 75.7 Å². The molecule has 0 unspecified atom stereocenters. The van der Waals surface area contributed by atoms with Gasteiger partial charge in [-0.25, -0.2) is 8.42 Å². The van der Waals surface area contributed by atoms with Crippen LogP contribution in [0.15, 0.2) is 6.20 Å². The van der Waals surface area contributed by atoms with Crippen molar-refractivity contribution in [1.29, 1.82) is 0 Å². The van der Waals surface area contributed by atoms with E-state index in [-0.39, 0.29) is 5.75 Å². The number of nitrogens with zero attached hydrogens (tertiary/aromatic N) is 2. The van der Waals surface area contributed by atoms with Crippen LogP contribution in [0.3, 0.4) is 0 Å². The Labute approximate surface area is 61.8 Å². The monoisotopic (exact) mass is 181 g/mol. The van der Waals surface area contributed by atoms with Gasteiger partial charge in [0.05, 0.1) is 11.9 Å². The van der Waals surface area contributed by atoms with Crippen LogP contribution in [0.5, 0.6) is 0 Å². The first-order valence-corrected chi connectivity index (χ1v) is 4.83. The summed E-state index contributed by atoms with van der Waals surface area (Å²) in [5.74, 6) is -0.287. The average molecular weight is 182 g/mol. The lowest BCUT2D eigenvalue weighted by Gasteiger charge is -1.86. The number of aromatic amines is 1. The van der Waals surface area contributed by atoms with Crippen molar-refractivity contribution in [1.82, 2.24) is 15.4 Å². The Morgan fingerprint density at radius 2 is 2.40 bits per heavy atom. The molecule has 56 valence electrons. The van der Waals surface area contributed by atoms with Crippen LogP contribution in [0.4, 0.5) is 0 Å². The number of aromatic nitrogens is 3. The van der Waals surface area contributed by atoms with E-state index in [1.807, 2.05) is 0 Å². The van der Waals surface area contributed by atoms with E-state index in [1.165, 1.54) is 6.20 Å². The van der Waals surface area contributed by atoms with Gasteiger partial charge >= 0.3 is 0 Å². The summed E-state index contributed by atoms with van der Waals surface area (Å²) >= 11 is 0. The van der Waals surface area contributed by atoms with Crippen LogP contribution in [0.25, 0.3) is 0 Å². The first kappa shape index (κ1) is 7.49. The molecule has 1 aromatic rings. The molecule has 1 heterocycles. The third kappa shape index (κ3) is 2.32. The smallest absolute Gasteiger partial charge is 0.212 e. The largest absolute Gasteiger partial charge is 0.238 e. The van der Waals surface area contributed by atoms with E-state index in [0.29, 0.717) is 5.69 Å². The lowest BCUT2D eigenvalue weighted by Crippen LogP contribution is -1.94. The Hall–Kier alpha value is -0.620. The Morgan fingerprint density at radius 1 is 1.70 bits per heavy atom. The maximum atomic E-state index is 10.4. The second-order valence-electron chi connectivity index (χ2n) is 1.64. The highest BCUT2D eigenvalue weighted by atomic mass is 35.7. The lowest BCUT2D eigenvalue weighted by molar-refractivity contribution is 0.608. The standard InChI is InChI=1S/C3H4ClN3O2S/c4-10(8,9)2-3-1-5-7-6-3/h1H,2H2,(H,5,6,7). The highest BCUT2D eigenvalue weighted by Crippen LogP contribution is 2.03. The van der Waals surface area contributed by atoms with Crippen LogP contribution < -0.4 is 0 Å². The number of hydrogen-bond acceptors (Lipinski definition) is 4. The van der Waals surface area contributed by atoms with Gasteiger partial charge in [0.25, 0.3) is 0 Å². The van der Waals surface area contributed by atoms with Gasteiger partial charge in [0.2, 0.25) is 9.05 Å². The van der Waals surface area contributed by atoms with Crippen molar-refractivity contribution in [2.45, 2.75) is 5.75 Å². The SMILES string of the molecule is O=S(=O)(Cl)Cc1cn[nH]n1. The Balaban J connectivity index is 2.75. The zero-order valence-electron chi connectivity index (χ0n) is 4.78. The summed E-state index contributed by atoms with van der Waals surface area (Å²) in [5.41, 5.74) is 0.315. The highest BCUT2D eigenvalue weighted by molar-refractivity contribution is 8.13. The van der Waals surface area contributed by atoms with E-state index in [1.54, 1.807) is 0 Å². The molecular formula is C3H4ClN3O2S. The maximum absolute atomic E-state index is 10.4. The molecule has 0 fully saturated rings. The van der Waals surface area contributed by atoms with Gasteiger partial charge in [-0.15, -0.1) is 0 Å². The zero-order valence-corrected chi connectivity index (χ0v) is 6.35. The van der Waals surface area contributed by atoms with Gasteiger partial charge in [-0.3, -0.25) is 0 Å². The van der Waals surface area contributed by atoms with Crippen molar-refractivity contribution in [2.75, 3.05) is 0 Å². The average Bonchev–Trinajstić information content (AvgIpc) is 2.12. The predicted molar refractivity (Wildman–Crippen MR) is 34.9 cm³/mol. The fourth-order valence-corrected chi connectivity index (χ4v) is 1.30. The number of nitrogens with one attached hydrogen (secondary N) is 1. The first-order chi connectivity index (χ1) is 4.58. The minimum absolute atomic E-state index is 0.287. The predicted octanol–water partition coefficient (Wildman–Crippen LogP) is -0.127. The van der Waals surface area contributed by atoms with Crippen molar-refractivity contribution in [3.05, 3.63) is 11.9 Å². The minimum atomic E-state index is -3.50. The van der Waals surface area contributed by atoms with Crippen LogP contribution in [0.2, 0.25) is 0 Å². The molecule has 0 amide bonds. The molecule has 0 radical (unpaired) electrons. The van der Waals surface area contributed by atoms with Gasteiger partial charge in [-0.05, 0) is 0 Å². The normalized spacial score (nSPS) is 11.7. The van der Waals surface area contributed by atoms with Crippen LogP contribution in [-0.2, 0) is 14.8 Å². The molecule has 0 aliphatic heterocycles. The van der Waals surface area contributed by atoms with E-state index >= 15 is 0 Å². The summed E-state index contributed by atoms with van der Waals surface area (Å²) < 4.78 is 20.8. The van der Waals surface area contributed by atoms with Crippen molar-refractivity contribution < 1.29 is 8.42 Å². The van der Waals surface area contributed by atoms with Gasteiger partial charge < -0.3 is 0 Å². The minimum Gasteiger partial charge on any atom is -0.212 e. The van der Waals surface area contributed by atoms with Crippen molar-refractivity contribution in [3.8, 4) is 0 Å². The molecule has 0 aromatic carbocycles. The van der Waals surface area contributed by atoms with Crippen molar-refractivity contribution >= 4 is 19.7 Å². The van der Waals surface area contributed by atoms with Crippen LogP contribution in [0.1, 0.15) is 5.69 Å². The molecule has 0 bridgehead atoms. The molecule has 10 heavy (non-hydrogen) atoms. The first-order valence-electron chi connectivity index (χ1n) is 2.35. The van der Waals surface area contributed by atoms with Gasteiger partial charge in [-0.1, -0.05) is 0 Å². The van der Waals surface area contributed by atoms with Gasteiger partial charge in [0.1, 0.15) is 5.75 Å².